The molecule has 126 valence electrons. The van der Waals surface area contributed by atoms with Gasteiger partial charge in [-0.05, 0) is 61.9 Å². The first-order valence-electron chi connectivity index (χ1n) is 8.65. The average molecular weight is 326 g/mol. The normalized spacial score (nSPS) is 23.6. The number of hydrogen-bond donors (Lipinski definition) is 1. The Morgan fingerprint density at radius 2 is 2.21 bits per heavy atom. The Balaban J connectivity index is 1.57. The zero-order valence-electron chi connectivity index (χ0n) is 14.1. The first-order valence-corrected chi connectivity index (χ1v) is 8.65. The number of hydrogen-bond acceptors (Lipinski definition) is 4. The van der Waals surface area contributed by atoms with Crippen LogP contribution in [0.4, 0.5) is 10.3 Å². The predicted molar refractivity (Wildman–Crippen MR) is 92.1 cm³/mol. The third-order valence-corrected chi connectivity index (χ3v) is 5.54. The Morgan fingerprint density at radius 3 is 3.04 bits per heavy atom. The van der Waals surface area contributed by atoms with Gasteiger partial charge < -0.3 is 5.73 Å². The van der Waals surface area contributed by atoms with Crippen molar-refractivity contribution in [3.05, 3.63) is 52.6 Å². The van der Waals surface area contributed by atoms with Gasteiger partial charge in [-0.2, -0.15) is 0 Å². The molecule has 4 nitrogen and oxygen atoms in total. The third kappa shape index (κ3) is 2.67. The van der Waals surface area contributed by atoms with Crippen molar-refractivity contribution >= 4 is 5.95 Å². The van der Waals surface area contributed by atoms with E-state index in [1.54, 1.807) is 6.07 Å². The van der Waals surface area contributed by atoms with E-state index in [-0.39, 0.29) is 11.2 Å². The number of likely N-dealkylation sites (tertiary alicyclic amines) is 1. The number of anilines is 1. The molecule has 1 unspecified atom stereocenters. The molecule has 4 rings (SSSR count). The highest BCUT2D eigenvalue weighted by Gasteiger charge is 2.43. The summed E-state index contributed by atoms with van der Waals surface area (Å²) in [6, 6.07) is 5.43. The lowest BCUT2D eigenvalue weighted by molar-refractivity contribution is 0.137. The second kappa shape index (κ2) is 5.81. The van der Waals surface area contributed by atoms with Crippen molar-refractivity contribution in [2.75, 3.05) is 18.8 Å². The van der Waals surface area contributed by atoms with Gasteiger partial charge in [-0.3, -0.25) is 4.90 Å². The summed E-state index contributed by atoms with van der Waals surface area (Å²) in [5.74, 6) is 0.243. The van der Waals surface area contributed by atoms with Crippen molar-refractivity contribution < 1.29 is 4.39 Å². The van der Waals surface area contributed by atoms with Gasteiger partial charge in [-0.15, -0.1) is 0 Å². The highest BCUT2D eigenvalue weighted by Crippen LogP contribution is 2.44. The van der Waals surface area contributed by atoms with Crippen LogP contribution in [-0.2, 0) is 18.4 Å². The Labute approximate surface area is 141 Å². The molecule has 5 heteroatoms. The molecule has 0 amide bonds. The lowest BCUT2D eigenvalue weighted by Crippen LogP contribution is -2.45. The lowest BCUT2D eigenvalue weighted by Gasteiger charge is -2.40. The van der Waals surface area contributed by atoms with Crippen LogP contribution < -0.4 is 5.73 Å². The zero-order valence-corrected chi connectivity index (χ0v) is 14.1. The van der Waals surface area contributed by atoms with Gasteiger partial charge in [0, 0.05) is 24.7 Å². The van der Waals surface area contributed by atoms with Gasteiger partial charge in [0.2, 0.25) is 5.95 Å². The quantitative estimate of drug-likeness (QED) is 0.922. The molecule has 2 N–H and O–H groups in total. The molecular weight excluding hydrogens is 303 g/mol. The van der Waals surface area contributed by atoms with Crippen LogP contribution >= 0.6 is 0 Å². The fourth-order valence-electron chi connectivity index (χ4n) is 4.38. The molecule has 2 heterocycles. The predicted octanol–water partition coefficient (Wildman–Crippen LogP) is 2.99. The molecule has 1 aromatic carbocycles. The lowest BCUT2D eigenvalue weighted by atomic mass is 9.77. The Morgan fingerprint density at radius 1 is 1.33 bits per heavy atom. The van der Waals surface area contributed by atoms with Crippen LogP contribution in [0.3, 0.4) is 0 Å². The van der Waals surface area contributed by atoms with Gasteiger partial charge in [0.1, 0.15) is 5.82 Å². The number of halogens is 1. The molecule has 1 aromatic heterocycles. The first-order chi connectivity index (χ1) is 11.6. The summed E-state index contributed by atoms with van der Waals surface area (Å²) in [6.45, 7) is 4.75. The summed E-state index contributed by atoms with van der Waals surface area (Å²) >= 11 is 0. The van der Waals surface area contributed by atoms with E-state index in [1.165, 1.54) is 11.1 Å². The maximum Gasteiger partial charge on any atom is 0.220 e. The average Bonchev–Trinajstić information content (AvgIpc) is 2.89. The standard InChI is InChI=1S/C19H23FN4/c1-13-9-14(3-4-16(13)20)11-24-8-2-6-19(12-24)7-5-15-10-22-18(21)23-17(15)19/h3-4,9-10H,2,5-8,11-12H2,1H3,(H2,21,22,23). The van der Waals surface area contributed by atoms with E-state index >= 15 is 0 Å². The minimum atomic E-state index is -0.134. The van der Waals surface area contributed by atoms with Crippen LogP contribution in [0.15, 0.2) is 24.4 Å². The fourth-order valence-corrected chi connectivity index (χ4v) is 4.38. The maximum absolute atomic E-state index is 13.5. The third-order valence-electron chi connectivity index (χ3n) is 5.54. The van der Waals surface area contributed by atoms with Crippen LogP contribution in [-0.4, -0.2) is 28.0 Å². The van der Waals surface area contributed by atoms with Crippen molar-refractivity contribution in [1.29, 1.82) is 0 Å². The van der Waals surface area contributed by atoms with Crippen LogP contribution in [0, 0.1) is 12.7 Å². The fraction of sp³-hybridized carbons (Fsp3) is 0.474. The highest BCUT2D eigenvalue weighted by molar-refractivity contribution is 5.37. The van der Waals surface area contributed by atoms with Crippen molar-refractivity contribution in [3.8, 4) is 0 Å². The minimum absolute atomic E-state index is 0.111. The molecule has 24 heavy (non-hydrogen) atoms. The molecule has 2 aliphatic rings. The smallest absolute Gasteiger partial charge is 0.220 e. The highest BCUT2D eigenvalue weighted by atomic mass is 19.1. The summed E-state index contributed by atoms with van der Waals surface area (Å²) in [7, 11) is 0. The molecular formula is C19H23FN4. The number of piperidine rings is 1. The number of nitrogen functional groups attached to an aromatic ring is 1. The first kappa shape index (κ1) is 15.5. The summed E-state index contributed by atoms with van der Waals surface area (Å²) in [5.41, 5.74) is 10.3. The SMILES string of the molecule is Cc1cc(CN2CCCC3(CCc4cnc(N)nc43)C2)ccc1F. The number of nitrogens with zero attached hydrogens (tertiary/aromatic N) is 3. The molecule has 0 saturated carbocycles. The minimum Gasteiger partial charge on any atom is -0.368 e. The molecule has 0 radical (unpaired) electrons. The molecule has 1 saturated heterocycles. The van der Waals surface area contributed by atoms with E-state index in [2.05, 4.69) is 14.9 Å². The van der Waals surface area contributed by atoms with Gasteiger partial charge in [0.15, 0.2) is 0 Å². The summed E-state index contributed by atoms with van der Waals surface area (Å²) in [5, 5.41) is 0. The van der Waals surface area contributed by atoms with Gasteiger partial charge >= 0.3 is 0 Å². The van der Waals surface area contributed by atoms with Crippen molar-refractivity contribution in [2.24, 2.45) is 0 Å². The second-order valence-corrected chi connectivity index (χ2v) is 7.28. The second-order valence-electron chi connectivity index (χ2n) is 7.28. The molecule has 1 aliphatic heterocycles. The number of rotatable bonds is 2. The van der Waals surface area contributed by atoms with Crippen molar-refractivity contribution in [3.63, 3.8) is 0 Å². The Hall–Kier alpha value is -2.01. The summed E-state index contributed by atoms with van der Waals surface area (Å²) in [6.07, 6.45) is 6.38. The monoisotopic (exact) mass is 326 g/mol. The number of fused-ring (bicyclic) bond motifs is 2. The molecule has 0 bridgehead atoms. The van der Waals surface area contributed by atoms with E-state index in [4.69, 9.17) is 5.73 Å². The van der Waals surface area contributed by atoms with E-state index in [0.29, 0.717) is 11.5 Å². The van der Waals surface area contributed by atoms with E-state index in [9.17, 15) is 4.39 Å². The van der Waals surface area contributed by atoms with E-state index in [1.807, 2.05) is 25.3 Å². The number of aryl methyl sites for hydroxylation is 2. The Bertz CT molecular complexity index is 772. The van der Waals surface area contributed by atoms with Crippen LogP contribution in [0.2, 0.25) is 0 Å². The molecule has 1 spiro atoms. The van der Waals surface area contributed by atoms with Gasteiger partial charge in [-0.1, -0.05) is 12.1 Å². The molecule has 1 atom stereocenters. The summed E-state index contributed by atoms with van der Waals surface area (Å²) in [4.78, 5) is 11.2. The largest absolute Gasteiger partial charge is 0.368 e. The number of nitrogens with two attached hydrogens (primary N) is 1. The van der Waals surface area contributed by atoms with E-state index < -0.39 is 0 Å². The van der Waals surface area contributed by atoms with Crippen LogP contribution in [0.5, 0.6) is 0 Å². The topological polar surface area (TPSA) is 55.0 Å². The zero-order chi connectivity index (χ0) is 16.7. The van der Waals surface area contributed by atoms with Gasteiger partial charge in [0.25, 0.3) is 0 Å². The number of benzene rings is 1. The molecule has 1 aliphatic carbocycles. The maximum atomic E-state index is 13.5. The van der Waals surface area contributed by atoms with Crippen LogP contribution in [0.25, 0.3) is 0 Å². The van der Waals surface area contributed by atoms with Gasteiger partial charge in [0.05, 0.1) is 5.69 Å². The van der Waals surface area contributed by atoms with Gasteiger partial charge in [-0.25, -0.2) is 14.4 Å². The van der Waals surface area contributed by atoms with Crippen molar-refractivity contribution in [2.45, 2.75) is 44.6 Å². The van der Waals surface area contributed by atoms with Crippen molar-refractivity contribution in [1.82, 2.24) is 14.9 Å². The summed E-state index contributed by atoms with van der Waals surface area (Å²) < 4.78 is 13.5. The van der Waals surface area contributed by atoms with Crippen LogP contribution in [0.1, 0.15) is 41.6 Å². The molecule has 1 fully saturated rings. The number of aromatic nitrogens is 2. The molecule has 2 aromatic rings. The Kier molecular flexibility index (Phi) is 3.76. The van der Waals surface area contributed by atoms with E-state index in [0.717, 1.165) is 51.0 Å².